The van der Waals surface area contributed by atoms with Crippen LogP contribution in [0.4, 0.5) is 0 Å². The van der Waals surface area contributed by atoms with Crippen LogP contribution >= 0.6 is 12.4 Å². The fraction of sp³-hybridized carbons (Fsp3) is 0.500. The fourth-order valence-corrected chi connectivity index (χ4v) is 3.18. The summed E-state index contributed by atoms with van der Waals surface area (Å²) in [6, 6.07) is 7.23. The SMILES string of the molecule is CC(N)C1CCN(CCN2C(=O)c3ccccc3C2=O)C1.Cl. The Morgan fingerprint density at radius 3 is 2.27 bits per heavy atom. The van der Waals surface area contributed by atoms with Crippen LogP contribution in [0.15, 0.2) is 24.3 Å². The van der Waals surface area contributed by atoms with Gasteiger partial charge in [-0.2, -0.15) is 0 Å². The molecule has 0 radical (unpaired) electrons. The lowest BCUT2D eigenvalue weighted by atomic mass is 10.0. The first-order chi connectivity index (χ1) is 10.1. The molecule has 0 aromatic heterocycles. The molecule has 2 aliphatic heterocycles. The maximum absolute atomic E-state index is 12.3. The summed E-state index contributed by atoms with van der Waals surface area (Å²) in [7, 11) is 0. The Bertz CT molecular complexity index is 541. The topological polar surface area (TPSA) is 66.6 Å². The minimum atomic E-state index is -0.168. The lowest BCUT2D eigenvalue weighted by molar-refractivity contribution is 0.0640. The molecule has 2 heterocycles. The van der Waals surface area contributed by atoms with Crippen molar-refractivity contribution in [3.05, 3.63) is 35.4 Å². The molecule has 2 aliphatic rings. The molecule has 0 aliphatic carbocycles. The van der Waals surface area contributed by atoms with Gasteiger partial charge in [-0.15, -0.1) is 12.4 Å². The van der Waals surface area contributed by atoms with E-state index in [0.29, 0.717) is 23.6 Å². The second kappa shape index (κ2) is 6.77. The molecule has 1 fully saturated rings. The Hall–Kier alpha value is -1.43. The van der Waals surface area contributed by atoms with E-state index < -0.39 is 0 Å². The number of benzene rings is 1. The van der Waals surface area contributed by atoms with Crippen molar-refractivity contribution in [3.8, 4) is 0 Å². The first-order valence-electron chi connectivity index (χ1n) is 7.51. The van der Waals surface area contributed by atoms with Crippen molar-refractivity contribution in [3.63, 3.8) is 0 Å². The Labute approximate surface area is 136 Å². The van der Waals surface area contributed by atoms with Crippen molar-refractivity contribution < 1.29 is 9.59 Å². The molecule has 2 unspecified atom stereocenters. The van der Waals surface area contributed by atoms with Gasteiger partial charge in [-0.1, -0.05) is 12.1 Å². The minimum absolute atomic E-state index is 0. The maximum atomic E-state index is 12.3. The molecule has 0 bridgehead atoms. The van der Waals surface area contributed by atoms with Crippen molar-refractivity contribution in [1.29, 1.82) is 0 Å². The summed E-state index contributed by atoms with van der Waals surface area (Å²) in [4.78, 5) is 28.2. The van der Waals surface area contributed by atoms with Crippen molar-refractivity contribution in [1.82, 2.24) is 9.80 Å². The summed E-state index contributed by atoms with van der Waals surface area (Å²) in [6.45, 7) is 5.18. The van der Waals surface area contributed by atoms with Gasteiger partial charge in [-0.25, -0.2) is 0 Å². The van der Waals surface area contributed by atoms with Crippen LogP contribution in [0.25, 0.3) is 0 Å². The molecule has 1 saturated heterocycles. The number of nitrogens with two attached hydrogens (primary N) is 1. The van der Waals surface area contributed by atoms with Crippen LogP contribution in [0.3, 0.4) is 0 Å². The van der Waals surface area contributed by atoms with Gasteiger partial charge in [0.1, 0.15) is 0 Å². The number of likely N-dealkylation sites (tertiary alicyclic amines) is 1. The summed E-state index contributed by atoms with van der Waals surface area (Å²) in [5.41, 5.74) is 6.99. The molecule has 120 valence electrons. The molecule has 3 rings (SSSR count). The number of hydrogen-bond donors (Lipinski definition) is 1. The van der Waals surface area contributed by atoms with Gasteiger partial charge in [0, 0.05) is 25.7 Å². The molecule has 2 N–H and O–H groups in total. The number of carbonyl (C=O) groups excluding carboxylic acids is 2. The van der Waals surface area contributed by atoms with Gasteiger partial charge in [0.15, 0.2) is 0 Å². The van der Waals surface area contributed by atoms with Crippen LogP contribution in [0.5, 0.6) is 0 Å². The molecule has 1 aromatic carbocycles. The van der Waals surface area contributed by atoms with Crippen molar-refractivity contribution >= 4 is 24.2 Å². The average Bonchev–Trinajstić information content (AvgIpc) is 3.03. The molecular weight excluding hydrogens is 302 g/mol. The number of hydrogen-bond acceptors (Lipinski definition) is 4. The van der Waals surface area contributed by atoms with E-state index in [4.69, 9.17) is 5.73 Å². The van der Waals surface area contributed by atoms with E-state index in [9.17, 15) is 9.59 Å². The summed E-state index contributed by atoms with van der Waals surface area (Å²) in [5, 5.41) is 0. The summed E-state index contributed by atoms with van der Waals surface area (Å²) in [5.74, 6) is 0.184. The van der Waals surface area contributed by atoms with E-state index in [0.717, 1.165) is 26.1 Å². The van der Waals surface area contributed by atoms with E-state index in [1.54, 1.807) is 24.3 Å². The van der Waals surface area contributed by atoms with Crippen LogP contribution in [0.2, 0.25) is 0 Å². The van der Waals surface area contributed by atoms with E-state index in [2.05, 4.69) is 4.90 Å². The van der Waals surface area contributed by atoms with Gasteiger partial charge in [-0.05, 0) is 37.9 Å². The highest BCUT2D eigenvalue weighted by Crippen LogP contribution is 2.23. The molecule has 22 heavy (non-hydrogen) atoms. The van der Waals surface area contributed by atoms with Crippen LogP contribution < -0.4 is 5.73 Å². The smallest absolute Gasteiger partial charge is 0.261 e. The highest BCUT2D eigenvalue weighted by molar-refractivity contribution is 6.21. The van der Waals surface area contributed by atoms with Crippen molar-refractivity contribution in [2.75, 3.05) is 26.2 Å². The number of fused-ring (bicyclic) bond motifs is 1. The van der Waals surface area contributed by atoms with E-state index in [1.165, 1.54) is 4.90 Å². The molecule has 5 nitrogen and oxygen atoms in total. The third kappa shape index (κ3) is 3.02. The molecule has 6 heteroatoms. The van der Waals surface area contributed by atoms with Gasteiger partial charge < -0.3 is 10.6 Å². The van der Waals surface area contributed by atoms with Crippen LogP contribution in [0.1, 0.15) is 34.1 Å². The lowest BCUT2D eigenvalue weighted by Gasteiger charge is -2.21. The maximum Gasteiger partial charge on any atom is 0.261 e. The molecule has 2 amide bonds. The van der Waals surface area contributed by atoms with Gasteiger partial charge in [-0.3, -0.25) is 14.5 Å². The number of imide groups is 1. The highest BCUT2D eigenvalue weighted by atomic mass is 35.5. The second-order valence-corrected chi connectivity index (χ2v) is 6.02. The number of halogens is 1. The van der Waals surface area contributed by atoms with E-state index in [-0.39, 0.29) is 30.3 Å². The fourth-order valence-electron chi connectivity index (χ4n) is 3.18. The van der Waals surface area contributed by atoms with Crippen LogP contribution in [0, 0.1) is 5.92 Å². The van der Waals surface area contributed by atoms with Crippen molar-refractivity contribution in [2.24, 2.45) is 11.7 Å². The van der Waals surface area contributed by atoms with Crippen LogP contribution in [-0.4, -0.2) is 53.8 Å². The Morgan fingerprint density at radius 1 is 1.18 bits per heavy atom. The highest BCUT2D eigenvalue weighted by Gasteiger charge is 2.35. The number of amides is 2. The number of carbonyl (C=O) groups is 2. The molecule has 2 atom stereocenters. The first-order valence-corrected chi connectivity index (χ1v) is 7.51. The quantitative estimate of drug-likeness (QED) is 0.850. The lowest BCUT2D eigenvalue weighted by Crippen LogP contribution is -2.38. The third-order valence-electron chi connectivity index (χ3n) is 4.57. The monoisotopic (exact) mass is 323 g/mol. The van der Waals surface area contributed by atoms with Gasteiger partial charge in [0.05, 0.1) is 11.1 Å². The number of nitrogens with zero attached hydrogens (tertiary/aromatic N) is 2. The molecule has 0 saturated carbocycles. The minimum Gasteiger partial charge on any atom is -0.328 e. The van der Waals surface area contributed by atoms with E-state index in [1.807, 2.05) is 6.92 Å². The summed E-state index contributed by atoms with van der Waals surface area (Å²) >= 11 is 0. The summed E-state index contributed by atoms with van der Waals surface area (Å²) in [6.07, 6.45) is 1.10. The number of rotatable bonds is 4. The normalized spacial score (nSPS) is 22.6. The standard InChI is InChI=1S/C16H21N3O2.ClH/c1-11(17)12-6-7-18(10-12)8-9-19-15(20)13-4-2-3-5-14(13)16(19)21;/h2-5,11-12H,6-10,17H2,1H3;1H. The largest absolute Gasteiger partial charge is 0.328 e. The zero-order valence-corrected chi connectivity index (χ0v) is 13.5. The predicted molar refractivity (Wildman–Crippen MR) is 87.3 cm³/mol. The zero-order valence-electron chi connectivity index (χ0n) is 12.7. The van der Waals surface area contributed by atoms with E-state index >= 15 is 0 Å². The van der Waals surface area contributed by atoms with Gasteiger partial charge in [0.25, 0.3) is 11.8 Å². The first kappa shape index (κ1) is 16.9. The second-order valence-electron chi connectivity index (χ2n) is 6.02. The molecular formula is C16H22ClN3O2. The molecule has 1 aromatic rings. The Morgan fingerprint density at radius 2 is 1.77 bits per heavy atom. The zero-order chi connectivity index (χ0) is 15.0. The van der Waals surface area contributed by atoms with Crippen LogP contribution in [-0.2, 0) is 0 Å². The molecule has 0 spiro atoms. The predicted octanol–water partition coefficient (Wildman–Crippen LogP) is 1.37. The third-order valence-corrected chi connectivity index (χ3v) is 4.57. The Kier molecular flexibility index (Phi) is 5.21. The summed E-state index contributed by atoms with van der Waals surface area (Å²) < 4.78 is 0. The average molecular weight is 324 g/mol. The van der Waals surface area contributed by atoms with Gasteiger partial charge in [0.2, 0.25) is 0 Å². The van der Waals surface area contributed by atoms with Crippen molar-refractivity contribution in [2.45, 2.75) is 19.4 Å². The Balaban J connectivity index is 0.00000176. The van der Waals surface area contributed by atoms with Gasteiger partial charge >= 0.3 is 0 Å².